The first kappa shape index (κ1) is 12.2. The van der Waals surface area contributed by atoms with Crippen LogP contribution in [0.2, 0.25) is 0 Å². The zero-order chi connectivity index (χ0) is 12.3. The van der Waals surface area contributed by atoms with Crippen molar-refractivity contribution in [3.63, 3.8) is 0 Å². The Balaban J connectivity index is 2.19. The third kappa shape index (κ3) is 3.11. The standard InChI is InChI=1S/C13H9BrFNS/c14-11-8-10(15)6-7-12(11)16-13(17)9-4-2-1-3-5-9/h1-8H,(H,16,17). The van der Waals surface area contributed by atoms with Gasteiger partial charge < -0.3 is 5.32 Å². The molecule has 0 aliphatic carbocycles. The summed E-state index contributed by atoms with van der Waals surface area (Å²) in [6, 6.07) is 14.1. The minimum absolute atomic E-state index is 0.284. The normalized spacial score (nSPS) is 10.0. The van der Waals surface area contributed by atoms with Crippen LogP contribution in [-0.4, -0.2) is 4.99 Å². The number of hydrogen-bond donors (Lipinski definition) is 1. The van der Waals surface area contributed by atoms with E-state index in [1.165, 1.54) is 12.1 Å². The molecule has 0 unspecified atom stereocenters. The van der Waals surface area contributed by atoms with Crippen LogP contribution in [0.3, 0.4) is 0 Å². The van der Waals surface area contributed by atoms with E-state index in [1.807, 2.05) is 30.3 Å². The molecule has 2 rings (SSSR count). The summed E-state index contributed by atoms with van der Waals surface area (Å²) in [6.07, 6.45) is 0. The van der Waals surface area contributed by atoms with Crippen molar-refractivity contribution in [3.8, 4) is 0 Å². The van der Waals surface area contributed by atoms with Crippen molar-refractivity contribution >= 4 is 38.8 Å². The van der Waals surface area contributed by atoms with Crippen LogP contribution in [0.15, 0.2) is 53.0 Å². The van der Waals surface area contributed by atoms with Gasteiger partial charge in [-0.1, -0.05) is 42.5 Å². The molecule has 2 aromatic rings. The van der Waals surface area contributed by atoms with E-state index in [4.69, 9.17) is 12.2 Å². The third-order valence-corrected chi connectivity index (χ3v) is 3.21. The summed E-state index contributed by atoms with van der Waals surface area (Å²) in [7, 11) is 0. The molecule has 2 aromatic carbocycles. The van der Waals surface area contributed by atoms with Gasteiger partial charge in [-0.25, -0.2) is 4.39 Å². The predicted molar refractivity (Wildman–Crippen MR) is 75.9 cm³/mol. The van der Waals surface area contributed by atoms with Gasteiger partial charge in [0.2, 0.25) is 0 Å². The molecule has 0 saturated carbocycles. The Morgan fingerprint density at radius 1 is 1.12 bits per heavy atom. The lowest BCUT2D eigenvalue weighted by molar-refractivity contribution is 0.627. The van der Waals surface area contributed by atoms with E-state index in [-0.39, 0.29) is 5.82 Å². The van der Waals surface area contributed by atoms with Crippen molar-refractivity contribution in [1.29, 1.82) is 0 Å². The Morgan fingerprint density at radius 2 is 1.82 bits per heavy atom. The smallest absolute Gasteiger partial charge is 0.124 e. The fourth-order valence-electron chi connectivity index (χ4n) is 1.37. The topological polar surface area (TPSA) is 12.0 Å². The first-order valence-electron chi connectivity index (χ1n) is 4.98. The van der Waals surface area contributed by atoms with Crippen LogP contribution < -0.4 is 5.32 Å². The van der Waals surface area contributed by atoms with Crippen LogP contribution in [-0.2, 0) is 0 Å². The predicted octanol–water partition coefficient (Wildman–Crippen LogP) is 4.38. The zero-order valence-corrected chi connectivity index (χ0v) is 11.2. The Bertz CT molecular complexity index is 542. The van der Waals surface area contributed by atoms with Gasteiger partial charge in [0.15, 0.2) is 0 Å². The maximum absolute atomic E-state index is 12.9. The van der Waals surface area contributed by atoms with E-state index >= 15 is 0 Å². The van der Waals surface area contributed by atoms with E-state index in [0.717, 1.165) is 11.3 Å². The van der Waals surface area contributed by atoms with E-state index in [1.54, 1.807) is 6.07 Å². The van der Waals surface area contributed by atoms with E-state index in [9.17, 15) is 4.39 Å². The number of halogens is 2. The highest BCUT2D eigenvalue weighted by Gasteiger charge is 2.05. The summed E-state index contributed by atoms with van der Waals surface area (Å²) in [5, 5.41) is 3.07. The average Bonchev–Trinajstić information content (AvgIpc) is 2.34. The number of rotatable bonds is 2. The lowest BCUT2D eigenvalue weighted by Crippen LogP contribution is -2.10. The molecule has 0 heterocycles. The monoisotopic (exact) mass is 309 g/mol. The number of nitrogens with one attached hydrogen (secondary N) is 1. The molecular weight excluding hydrogens is 301 g/mol. The van der Waals surface area contributed by atoms with Crippen molar-refractivity contribution < 1.29 is 4.39 Å². The summed E-state index contributed by atoms with van der Waals surface area (Å²) in [5.41, 5.74) is 1.68. The first-order chi connectivity index (χ1) is 8.16. The van der Waals surface area contributed by atoms with Gasteiger partial charge in [0.05, 0.1) is 5.69 Å². The second-order valence-corrected chi connectivity index (χ2v) is 4.71. The lowest BCUT2D eigenvalue weighted by atomic mass is 10.2. The molecule has 0 saturated heterocycles. The van der Waals surface area contributed by atoms with Crippen molar-refractivity contribution in [3.05, 3.63) is 64.4 Å². The lowest BCUT2D eigenvalue weighted by Gasteiger charge is -2.09. The molecule has 0 spiro atoms. The van der Waals surface area contributed by atoms with Gasteiger partial charge in [0.25, 0.3) is 0 Å². The van der Waals surface area contributed by atoms with Crippen LogP contribution in [0.5, 0.6) is 0 Å². The molecule has 0 atom stereocenters. The molecule has 0 amide bonds. The highest BCUT2D eigenvalue weighted by molar-refractivity contribution is 9.10. The fraction of sp³-hybridized carbons (Fsp3) is 0. The van der Waals surface area contributed by atoms with E-state index < -0.39 is 0 Å². The Kier molecular flexibility index (Phi) is 3.86. The second kappa shape index (κ2) is 5.38. The van der Waals surface area contributed by atoms with Crippen molar-refractivity contribution in [2.75, 3.05) is 5.32 Å². The molecule has 86 valence electrons. The van der Waals surface area contributed by atoms with Crippen LogP contribution >= 0.6 is 28.1 Å². The SMILES string of the molecule is Fc1ccc(NC(=S)c2ccccc2)c(Br)c1. The number of thiocarbonyl (C=S) groups is 1. The molecular formula is C13H9BrFNS. The molecule has 0 aromatic heterocycles. The minimum Gasteiger partial charge on any atom is -0.345 e. The molecule has 1 nitrogen and oxygen atoms in total. The fourth-order valence-corrected chi connectivity index (χ4v) is 2.07. The van der Waals surface area contributed by atoms with E-state index in [0.29, 0.717) is 9.46 Å². The molecule has 0 fully saturated rings. The summed E-state index contributed by atoms with van der Waals surface area (Å²) >= 11 is 8.56. The van der Waals surface area contributed by atoms with Crippen LogP contribution in [0.1, 0.15) is 5.56 Å². The summed E-state index contributed by atoms with van der Waals surface area (Å²) in [5.74, 6) is -0.284. The molecule has 0 bridgehead atoms. The van der Waals surface area contributed by atoms with Gasteiger partial charge in [0.1, 0.15) is 10.8 Å². The van der Waals surface area contributed by atoms with Crippen molar-refractivity contribution in [1.82, 2.24) is 0 Å². The van der Waals surface area contributed by atoms with Gasteiger partial charge in [-0.2, -0.15) is 0 Å². The maximum atomic E-state index is 12.9. The molecule has 0 radical (unpaired) electrons. The van der Waals surface area contributed by atoms with Crippen LogP contribution in [0.25, 0.3) is 0 Å². The van der Waals surface area contributed by atoms with Crippen LogP contribution in [0.4, 0.5) is 10.1 Å². The van der Waals surface area contributed by atoms with Gasteiger partial charge >= 0.3 is 0 Å². The van der Waals surface area contributed by atoms with Crippen molar-refractivity contribution in [2.45, 2.75) is 0 Å². The first-order valence-corrected chi connectivity index (χ1v) is 6.18. The number of hydrogen-bond acceptors (Lipinski definition) is 1. The molecule has 0 aliphatic rings. The quantitative estimate of drug-likeness (QED) is 0.826. The Morgan fingerprint density at radius 3 is 2.47 bits per heavy atom. The van der Waals surface area contributed by atoms with E-state index in [2.05, 4.69) is 21.2 Å². The largest absolute Gasteiger partial charge is 0.345 e. The van der Waals surface area contributed by atoms with Gasteiger partial charge in [-0.05, 0) is 34.1 Å². The Labute approximate surface area is 113 Å². The van der Waals surface area contributed by atoms with Gasteiger partial charge in [-0.3, -0.25) is 0 Å². The zero-order valence-electron chi connectivity index (χ0n) is 8.78. The van der Waals surface area contributed by atoms with Crippen LogP contribution in [0, 0.1) is 5.82 Å². The second-order valence-electron chi connectivity index (χ2n) is 3.44. The molecule has 0 aliphatic heterocycles. The summed E-state index contributed by atoms with van der Waals surface area (Å²) in [4.78, 5) is 0.609. The molecule has 17 heavy (non-hydrogen) atoms. The minimum atomic E-state index is -0.284. The molecule has 4 heteroatoms. The van der Waals surface area contributed by atoms with Crippen molar-refractivity contribution in [2.24, 2.45) is 0 Å². The van der Waals surface area contributed by atoms with Gasteiger partial charge in [0, 0.05) is 10.0 Å². The highest BCUT2D eigenvalue weighted by Crippen LogP contribution is 2.23. The summed E-state index contributed by atoms with van der Waals surface area (Å²) in [6.45, 7) is 0. The average molecular weight is 310 g/mol. The third-order valence-electron chi connectivity index (χ3n) is 2.22. The summed E-state index contributed by atoms with van der Waals surface area (Å²) < 4.78 is 13.6. The number of benzene rings is 2. The highest BCUT2D eigenvalue weighted by atomic mass is 79.9. The Hall–Kier alpha value is -1.26. The number of anilines is 1. The maximum Gasteiger partial charge on any atom is 0.124 e. The van der Waals surface area contributed by atoms with Gasteiger partial charge in [-0.15, -0.1) is 0 Å². The molecule has 1 N–H and O–H groups in total.